The molecule has 1 aromatic heterocycles. The minimum absolute atomic E-state index is 0.505. The summed E-state index contributed by atoms with van der Waals surface area (Å²) in [5.74, 6) is 0. The van der Waals surface area contributed by atoms with Crippen molar-refractivity contribution >= 4 is 17.1 Å². The molecular formula is C12H17N3O. The van der Waals surface area contributed by atoms with E-state index in [0.717, 1.165) is 24.2 Å². The number of hydrogen-bond donors (Lipinski definition) is 2. The van der Waals surface area contributed by atoms with Gasteiger partial charge in [-0.15, -0.1) is 0 Å². The van der Waals surface area contributed by atoms with Crippen molar-refractivity contribution in [2.75, 3.05) is 18.4 Å². The van der Waals surface area contributed by atoms with Gasteiger partial charge < -0.3 is 15.1 Å². The van der Waals surface area contributed by atoms with Gasteiger partial charge in [-0.1, -0.05) is 26.0 Å². The molecule has 2 rings (SSSR count). The summed E-state index contributed by atoms with van der Waals surface area (Å²) in [4.78, 5) is 4.32. The standard InChI is InChI=1S/C12H17N3O/c1-9(2)13-7-8-14-12-15-10-5-3-4-6-11(10)16-12/h3-6,9,13H,7-8H2,1-2H3,(H,14,15). The van der Waals surface area contributed by atoms with Crippen molar-refractivity contribution < 1.29 is 4.42 Å². The van der Waals surface area contributed by atoms with E-state index in [1.807, 2.05) is 24.3 Å². The van der Waals surface area contributed by atoms with Crippen LogP contribution >= 0.6 is 0 Å². The Morgan fingerprint density at radius 2 is 2.06 bits per heavy atom. The number of rotatable bonds is 5. The lowest BCUT2D eigenvalue weighted by molar-refractivity contribution is 0.583. The van der Waals surface area contributed by atoms with Gasteiger partial charge in [0, 0.05) is 19.1 Å². The Hall–Kier alpha value is -1.55. The summed E-state index contributed by atoms with van der Waals surface area (Å²) < 4.78 is 5.53. The molecule has 0 aliphatic heterocycles. The van der Waals surface area contributed by atoms with Crippen LogP contribution in [0.1, 0.15) is 13.8 Å². The summed E-state index contributed by atoms with van der Waals surface area (Å²) in [6.07, 6.45) is 0. The van der Waals surface area contributed by atoms with E-state index < -0.39 is 0 Å². The highest BCUT2D eigenvalue weighted by molar-refractivity contribution is 5.74. The number of hydrogen-bond acceptors (Lipinski definition) is 4. The van der Waals surface area contributed by atoms with Crippen LogP contribution in [0.25, 0.3) is 11.1 Å². The minimum atomic E-state index is 0.505. The molecule has 0 amide bonds. The van der Waals surface area contributed by atoms with Gasteiger partial charge in [0.05, 0.1) is 0 Å². The zero-order chi connectivity index (χ0) is 11.4. The molecule has 0 radical (unpaired) electrons. The van der Waals surface area contributed by atoms with Crippen LogP contribution in [0.5, 0.6) is 0 Å². The second-order valence-electron chi connectivity index (χ2n) is 4.02. The van der Waals surface area contributed by atoms with Crippen molar-refractivity contribution in [3.8, 4) is 0 Å². The molecule has 0 fully saturated rings. The molecule has 2 N–H and O–H groups in total. The topological polar surface area (TPSA) is 50.1 Å². The molecule has 0 aliphatic rings. The molecule has 0 saturated carbocycles. The number of nitrogens with zero attached hydrogens (tertiary/aromatic N) is 1. The van der Waals surface area contributed by atoms with Gasteiger partial charge in [0.2, 0.25) is 0 Å². The number of anilines is 1. The van der Waals surface area contributed by atoms with Crippen molar-refractivity contribution in [3.63, 3.8) is 0 Å². The molecule has 0 atom stereocenters. The second-order valence-corrected chi connectivity index (χ2v) is 4.02. The molecule has 0 unspecified atom stereocenters. The van der Waals surface area contributed by atoms with Gasteiger partial charge >= 0.3 is 0 Å². The molecule has 1 heterocycles. The Labute approximate surface area is 95.1 Å². The van der Waals surface area contributed by atoms with E-state index in [4.69, 9.17) is 4.42 Å². The first-order chi connectivity index (χ1) is 7.75. The van der Waals surface area contributed by atoms with Gasteiger partial charge in [0.1, 0.15) is 5.52 Å². The number of aromatic nitrogens is 1. The molecule has 4 nitrogen and oxygen atoms in total. The molecule has 2 aromatic rings. The van der Waals surface area contributed by atoms with E-state index in [1.54, 1.807) is 0 Å². The van der Waals surface area contributed by atoms with Crippen LogP contribution in [-0.2, 0) is 0 Å². The van der Waals surface area contributed by atoms with Crippen LogP contribution in [0.15, 0.2) is 28.7 Å². The molecule has 0 bridgehead atoms. The fourth-order valence-electron chi connectivity index (χ4n) is 1.48. The molecule has 1 aromatic carbocycles. The largest absolute Gasteiger partial charge is 0.424 e. The van der Waals surface area contributed by atoms with Crippen LogP contribution in [0, 0.1) is 0 Å². The third kappa shape index (κ3) is 2.73. The first-order valence-corrected chi connectivity index (χ1v) is 5.58. The van der Waals surface area contributed by atoms with Gasteiger partial charge in [-0.05, 0) is 12.1 Å². The first-order valence-electron chi connectivity index (χ1n) is 5.58. The van der Waals surface area contributed by atoms with E-state index in [1.165, 1.54) is 0 Å². The van der Waals surface area contributed by atoms with Crippen LogP contribution in [0.3, 0.4) is 0 Å². The summed E-state index contributed by atoms with van der Waals surface area (Å²) in [5, 5.41) is 6.47. The van der Waals surface area contributed by atoms with Crippen LogP contribution in [0.4, 0.5) is 6.01 Å². The lowest BCUT2D eigenvalue weighted by Crippen LogP contribution is -2.28. The van der Waals surface area contributed by atoms with Crippen molar-refractivity contribution in [1.82, 2.24) is 10.3 Å². The van der Waals surface area contributed by atoms with Crippen molar-refractivity contribution in [1.29, 1.82) is 0 Å². The summed E-state index contributed by atoms with van der Waals surface area (Å²) >= 11 is 0. The average Bonchev–Trinajstić information content (AvgIpc) is 2.66. The van der Waals surface area contributed by atoms with Crippen molar-refractivity contribution in [3.05, 3.63) is 24.3 Å². The summed E-state index contributed by atoms with van der Waals surface area (Å²) in [7, 11) is 0. The Kier molecular flexibility index (Phi) is 3.41. The van der Waals surface area contributed by atoms with Gasteiger partial charge in [-0.2, -0.15) is 4.98 Å². The summed E-state index contributed by atoms with van der Waals surface area (Å²) in [6, 6.07) is 8.85. The van der Waals surface area contributed by atoms with E-state index in [0.29, 0.717) is 12.1 Å². The highest BCUT2D eigenvalue weighted by Crippen LogP contribution is 2.17. The van der Waals surface area contributed by atoms with Gasteiger partial charge in [0.25, 0.3) is 6.01 Å². The number of para-hydroxylation sites is 2. The molecule has 0 spiro atoms. The Balaban J connectivity index is 1.89. The zero-order valence-electron chi connectivity index (χ0n) is 9.66. The third-order valence-corrected chi connectivity index (χ3v) is 2.25. The summed E-state index contributed by atoms with van der Waals surface area (Å²) in [6.45, 7) is 5.96. The maximum atomic E-state index is 5.53. The first kappa shape index (κ1) is 11.0. The smallest absolute Gasteiger partial charge is 0.295 e. The monoisotopic (exact) mass is 219 g/mol. The van der Waals surface area contributed by atoms with Gasteiger partial charge in [-0.25, -0.2) is 0 Å². The van der Waals surface area contributed by atoms with Crippen LogP contribution < -0.4 is 10.6 Å². The van der Waals surface area contributed by atoms with E-state index in [-0.39, 0.29) is 0 Å². The third-order valence-electron chi connectivity index (χ3n) is 2.25. The number of nitrogens with one attached hydrogen (secondary N) is 2. The quantitative estimate of drug-likeness (QED) is 0.757. The second kappa shape index (κ2) is 4.99. The zero-order valence-corrected chi connectivity index (χ0v) is 9.66. The number of benzene rings is 1. The fraction of sp³-hybridized carbons (Fsp3) is 0.417. The predicted molar refractivity (Wildman–Crippen MR) is 65.6 cm³/mol. The number of oxazole rings is 1. The van der Waals surface area contributed by atoms with Crippen LogP contribution in [-0.4, -0.2) is 24.1 Å². The van der Waals surface area contributed by atoms with Gasteiger partial charge in [-0.3, -0.25) is 0 Å². The molecule has 86 valence electrons. The van der Waals surface area contributed by atoms with E-state index in [9.17, 15) is 0 Å². The maximum Gasteiger partial charge on any atom is 0.295 e. The molecule has 0 saturated heterocycles. The van der Waals surface area contributed by atoms with E-state index >= 15 is 0 Å². The fourth-order valence-corrected chi connectivity index (χ4v) is 1.48. The lowest BCUT2D eigenvalue weighted by Gasteiger charge is -2.07. The number of fused-ring (bicyclic) bond motifs is 1. The minimum Gasteiger partial charge on any atom is -0.424 e. The Morgan fingerprint density at radius 3 is 2.81 bits per heavy atom. The predicted octanol–water partition coefficient (Wildman–Crippen LogP) is 2.24. The molecule has 4 heteroatoms. The SMILES string of the molecule is CC(C)NCCNc1nc2ccccc2o1. The Bertz CT molecular complexity index is 417. The summed E-state index contributed by atoms with van der Waals surface area (Å²) in [5.41, 5.74) is 1.71. The van der Waals surface area contributed by atoms with Crippen molar-refractivity contribution in [2.24, 2.45) is 0 Å². The molecule has 16 heavy (non-hydrogen) atoms. The lowest BCUT2D eigenvalue weighted by atomic mass is 10.3. The van der Waals surface area contributed by atoms with Crippen molar-refractivity contribution in [2.45, 2.75) is 19.9 Å². The molecule has 0 aliphatic carbocycles. The highest BCUT2D eigenvalue weighted by Gasteiger charge is 2.03. The highest BCUT2D eigenvalue weighted by atomic mass is 16.4. The van der Waals surface area contributed by atoms with Crippen LogP contribution in [0.2, 0.25) is 0 Å². The Morgan fingerprint density at radius 1 is 1.25 bits per heavy atom. The van der Waals surface area contributed by atoms with E-state index in [2.05, 4.69) is 29.5 Å². The van der Waals surface area contributed by atoms with Gasteiger partial charge in [0.15, 0.2) is 5.58 Å². The normalized spacial score (nSPS) is 11.2. The average molecular weight is 219 g/mol. The maximum absolute atomic E-state index is 5.53. The molecular weight excluding hydrogens is 202 g/mol.